The Morgan fingerprint density at radius 3 is 2.52 bits per heavy atom. The fourth-order valence-electron chi connectivity index (χ4n) is 2.84. The Hall–Kier alpha value is -1.05. The molecule has 7 heteroatoms. The van der Waals surface area contributed by atoms with Crippen LogP contribution in [-0.4, -0.2) is 32.4 Å². The molecule has 0 spiro atoms. The zero-order valence-electron chi connectivity index (χ0n) is 12.4. The average Bonchev–Trinajstić information content (AvgIpc) is 2.74. The summed E-state index contributed by atoms with van der Waals surface area (Å²) in [5.74, 6) is -1.52. The van der Waals surface area contributed by atoms with E-state index < -0.39 is 26.6 Å². The van der Waals surface area contributed by atoms with Crippen LogP contribution in [0.2, 0.25) is 0 Å². The monoisotopic (exact) mass is 318 g/mol. The Labute approximate surface area is 124 Å². The van der Waals surface area contributed by atoms with E-state index in [-0.39, 0.29) is 24.1 Å². The minimum atomic E-state index is -3.95. The van der Waals surface area contributed by atoms with Crippen molar-refractivity contribution in [2.24, 2.45) is 5.92 Å². The van der Waals surface area contributed by atoms with Gasteiger partial charge in [0.2, 0.25) is 10.0 Å². The Morgan fingerprint density at radius 1 is 1.33 bits per heavy atom. The number of nitrogens with zero attached hydrogens (tertiary/aromatic N) is 1. The van der Waals surface area contributed by atoms with E-state index in [2.05, 4.69) is 5.32 Å². The number of benzene rings is 1. The minimum absolute atomic E-state index is 0.0625. The molecule has 0 bridgehead atoms. The number of hydrogen-bond donors (Lipinski definition) is 1. The van der Waals surface area contributed by atoms with Gasteiger partial charge in [0, 0.05) is 24.7 Å². The van der Waals surface area contributed by atoms with E-state index >= 15 is 0 Å². The molecular formula is C14H20F2N2O2S. The van der Waals surface area contributed by atoms with Crippen molar-refractivity contribution in [3.05, 3.63) is 29.3 Å². The summed E-state index contributed by atoms with van der Waals surface area (Å²) >= 11 is 0. The van der Waals surface area contributed by atoms with E-state index in [1.54, 1.807) is 14.0 Å². The molecule has 1 saturated heterocycles. The number of sulfonamides is 1. The van der Waals surface area contributed by atoms with Gasteiger partial charge in [0.1, 0.15) is 10.7 Å². The smallest absolute Gasteiger partial charge is 0.246 e. The molecule has 21 heavy (non-hydrogen) atoms. The summed E-state index contributed by atoms with van der Waals surface area (Å²) in [6.45, 7) is 4.06. The molecule has 4 nitrogen and oxygen atoms in total. The van der Waals surface area contributed by atoms with Gasteiger partial charge in [0.05, 0.1) is 0 Å². The van der Waals surface area contributed by atoms with Crippen molar-refractivity contribution in [3.63, 3.8) is 0 Å². The maximum absolute atomic E-state index is 14.4. The van der Waals surface area contributed by atoms with Gasteiger partial charge in [-0.05, 0) is 38.4 Å². The quantitative estimate of drug-likeness (QED) is 0.925. The van der Waals surface area contributed by atoms with E-state index in [1.807, 2.05) is 6.92 Å². The lowest BCUT2D eigenvalue weighted by Crippen LogP contribution is -2.34. The van der Waals surface area contributed by atoms with Gasteiger partial charge in [-0.1, -0.05) is 6.92 Å². The molecular weight excluding hydrogens is 298 g/mol. The van der Waals surface area contributed by atoms with E-state index in [9.17, 15) is 17.2 Å². The molecule has 1 aliphatic heterocycles. The fourth-order valence-corrected chi connectivity index (χ4v) is 4.69. The standard InChI is InChI=1S/C14H20F2N2O2S/c1-9-6-10(2)18(8-9)21(19,20)13-5-4-12(15)11(7-17-3)14(13)16/h4-5,9-10,17H,6-8H2,1-3H3. The lowest BCUT2D eigenvalue weighted by Gasteiger charge is -2.22. The molecule has 0 amide bonds. The highest BCUT2D eigenvalue weighted by atomic mass is 32.2. The van der Waals surface area contributed by atoms with Crippen molar-refractivity contribution in [2.75, 3.05) is 13.6 Å². The number of rotatable bonds is 4. The highest BCUT2D eigenvalue weighted by Gasteiger charge is 2.38. The molecule has 1 aromatic carbocycles. The first-order chi connectivity index (χ1) is 9.78. The molecule has 0 aromatic heterocycles. The van der Waals surface area contributed by atoms with Crippen LogP contribution in [0.4, 0.5) is 8.78 Å². The summed E-state index contributed by atoms with van der Waals surface area (Å²) in [6.07, 6.45) is 0.741. The van der Waals surface area contributed by atoms with E-state index in [4.69, 9.17) is 0 Å². The van der Waals surface area contributed by atoms with Crippen LogP contribution in [0.3, 0.4) is 0 Å². The third-order valence-corrected chi connectivity index (χ3v) is 5.82. The molecule has 2 atom stereocenters. The maximum Gasteiger partial charge on any atom is 0.246 e. The molecule has 2 rings (SSSR count). The van der Waals surface area contributed by atoms with Crippen LogP contribution in [0.5, 0.6) is 0 Å². The molecule has 1 aliphatic rings. The van der Waals surface area contributed by atoms with Gasteiger partial charge >= 0.3 is 0 Å². The van der Waals surface area contributed by atoms with Crippen LogP contribution in [-0.2, 0) is 16.6 Å². The second kappa shape index (κ2) is 5.98. The zero-order valence-corrected chi connectivity index (χ0v) is 13.2. The Kier molecular flexibility index (Phi) is 4.65. The van der Waals surface area contributed by atoms with Gasteiger partial charge in [-0.2, -0.15) is 4.31 Å². The molecule has 0 aliphatic carbocycles. The SMILES string of the molecule is CNCc1c(F)ccc(S(=O)(=O)N2CC(C)CC2C)c1F. The van der Waals surface area contributed by atoms with Crippen LogP contribution in [0, 0.1) is 17.6 Å². The molecule has 1 fully saturated rings. The summed E-state index contributed by atoms with van der Waals surface area (Å²) in [5.41, 5.74) is -0.251. The molecule has 0 saturated carbocycles. The third-order valence-electron chi connectivity index (χ3n) is 3.82. The van der Waals surface area contributed by atoms with Crippen molar-refractivity contribution >= 4 is 10.0 Å². The first-order valence-electron chi connectivity index (χ1n) is 6.92. The van der Waals surface area contributed by atoms with Crippen LogP contribution in [0.1, 0.15) is 25.8 Å². The minimum Gasteiger partial charge on any atom is -0.315 e. The van der Waals surface area contributed by atoms with E-state index in [0.717, 1.165) is 18.6 Å². The van der Waals surface area contributed by atoms with Gasteiger partial charge in [-0.3, -0.25) is 0 Å². The molecule has 2 unspecified atom stereocenters. The molecule has 0 radical (unpaired) electrons. The zero-order chi connectivity index (χ0) is 15.8. The molecule has 1 heterocycles. The predicted octanol–water partition coefficient (Wildman–Crippen LogP) is 2.10. The molecule has 1 N–H and O–H groups in total. The van der Waals surface area contributed by atoms with Crippen molar-refractivity contribution < 1.29 is 17.2 Å². The van der Waals surface area contributed by atoms with Crippen molar-refractivity contribution in [2.45, 2.75) is 37.8 Å². The first kappa shape index (κ1) is 16.3. The molecule has 1 aromatic rings. The van der Waals surface area contributed by atoms with Crippen LogP contribution >= 0.6 is 0 Å². The predicted molar refractivity (Wildman–Crippen MR) is 76.3 cm³/mol. The maximum atomic E-state index is 14.4. The van der Waals surface area contributed by atoms with Gasteiger partial charge in [-0.15, -0.1) is 0 Å². The second-order valence-corrected chi connectivity index (χ2v) is 7.49. The second-order valence-electron chi connectivity index (χ2n) is 5.63. The molecule has 118 valence electrons. The van der Waals surface area contributed by atoms with Gasteiger partial charge in [0.15, 0.2) is 5.82 Å². The van der Waals surface area contributed by atoms with Gasteiger partial charge < -0.3 is 5.32 Å². The summed E-state index contributed by atoms with van der Waals surface area (Å²) in [5, 5.41) is 2.64. The van der Waals surface area contributed by atoms with Crippen molar-refractivity contribution in [1.82, 2.24) is 9.62 Å². The summed E-state index contributed by atoms with van der Waals surface area (Å²) in [7, 11) is -2.40. The van der Waals surface area contributed by atoms with Crippen LogP contribution in [0.25, 0.3) is 0 Å². The van der Waals surface area contributed by atoms with Crippen LogP contribution in [0.15, 0.2) is 17.0 Å². The number of hydrogen-bond acceptors (Lipinski definition) is 3. The van der Waals surface area contributed by atoms with Gasteiger partial charge in [-0.25, -0.2) is 17.2 Å². The lowest BCUT2D eigenvalue weighted by atomic mass is 10.1. The highest BCUT2D eigenvalue weighted by molar-refractivity contribution is 7.89. The Morgan fingerprint density at radius 2 is 2.00 bits per heavy atom. The van der Waals surface area contributed by atoms with Crippen LogP contribution < -0.4 is 5.32 Å². The summed E-state index contributed by atoms with van der Waals surface area (Å²) in [4.78, 5) is -0.449. The average molecular weight is 318 g/mol. The summed E-state index contributed by atoms with van der Waals surface area (Å²) < 4.78 is 54.6. The number of halogens is 2. The Balaban J connectivity index is 2.48. The fraction of sp³-hybridized carbons (Fsp3) is 0.571. The van der Waals surface area contributed by atoms with E-state index in [1.165, 1.54) is 4.31 Å². The largest absolute Gasteiger partial charge is 0.315 e. The number of nitrogens with one attached hydrogen (secondary N) is 1. The first-order valence-corrected chi connectivity index (χ1v) is 8.36. The summed E-state index contributed by atoms with van der Waals surface area (Å²) in [6, 6.07) is 1.84. The van der Waals surface area contributed by atoms with Crippen molar-refractivity contribution in [3.8, 4) is 0 Å². The highest BCUT2D eigenvalue weighted by Crippen LogP contribution is 2.31. The Bertz CT molecular complexity index is 634. The van der Waals surface area contributed by atoms with Gasteiger partial charge in [0.25, 0.3) is 0 Å². The van der Waals surface area contributed by atoms with Crippen molar-refractivity contribution in [1.29, 1.82) is 0 Å². The lowest BCUT2D eigenvalue weighted by molar-refractivity contribution is 0.401. The normalized spacial score (nSPS) is 23.7. The third kappa shape index (κ3) is 2.95. The van der Waals surface area contributed by atoms with E-state index in [0.29, 0.717) is 6.54 Å². The topological polar surface area (TPSA) is 49.4 Å².